The molecular weight excluding hydrogens is 506 g/mol. The lowest BCUT2D eigenvalue weighted by Gasteiger charge is -2.35. The number of thiocarbonyl (C=S) groups is 1. The maximum Gasteiger partial charge on any atom is 0.338 e. The zero-order valence-corrected chi connectivity index (χ0v) is 20.9. The van der Waals surface area contributed by atoms with Crippen LogP contribution in [0.25, 0.3) is 0 Å². The molecule has 0 saturated carbocycles. The van der Waals surface area contributed by atoms with E-state index in [1.807, 2.05) is 0 Å². The van der Waals surface area contributed by atoms with Crippen molar-refractivity contribution in [2.24, 2.45) is 0 Å². The molecule has 14 heteroatoms. The Hall–Kier alpha value is -4.43. The van der Waals surface area contributed by atoms with Crippen LogP contribution in [0.5, 0.6) is 0 Å². The van der Waals surface area contributed by atoms with Crippen LogP contribution in [0.1, 0.15) is 28.9 Å². The fourth-order valence-electron chi connectivity index (χ4n) is 3.54. The van der Waals surface area contributed by atoms with E-state index in [-0.39, 0.29) is 18.8 Å². The van der Waals surface area contributed by atoms with E-state index in [1.165, 1.54) is 7.11 Å². The summed E-state index contributed by atoms with van der Waals surface area (Å²) in [7, 11) is 3.22. The highest BCUT2D eigenvalue weighted by atomic mass is 32.1. The van der Waals surface area contributed by atoms with Crippen LogP contribution in [0.3, 0.4) is 0 Å². The number of nitro benzene ring substituents is 2. The van der Waals surface area contributed by atoms with Crippen molar-refractivity contribution in [3.05, 3.63) is 85.1 Å². The molecule has 1 heterocycles. The predicted octanol–water partition coefficient (Wildman–Crippen LogP) is 3.08. The highest BCUT2D eigenvalue weighted by molar-refractivity contribution is 7.80. The molecule has 2 aromatic rings. The number of anilines is 1. The standard InChI is InChI=1S/C23H23N5O8S/c1-13-19(22(30)36-9-8-35-3)20(25-23(37)26(13)2)14-4-6-16(7-5-14)24-21(29)15-10-17(27(31)32)12-18(11-15)28(33)34/h4-7,10-12,20H,8-9H2,1-3H3,(H,24,29)(H,25,37)/t20-/m0/s1. The molecule has 0 radical (unpaired) electrons. The first-order chi connectivity index (χ1) is 17.5. The molecule has 2 N–H and O–H groups in total. The van der Waals surface area contributed by atoms with Gasteiger partial charge in [-0.25, -0.2) is 4.79 Å². The van der Waals surface area contributed by atoms with Crippen LogP contribution in [0.2, 0.25) is 0 Å². The molecule has 194 valence electrons. The van der Waals surface area contributed by atoms with Gasteiger partial charge in [-0.3, -0.25) is 25.0 Å². The van der Waals surface area contributed by atoms with Crippen LogP contribution >= 0.6 is 12.2 Å². The SMILES string of the molecule is COCCOC(=O)C1=C(C)N(C)C(=S)N[C@H]1c1ccc(NC(=O)c2cc([N+](=O)[O-])cc([N+](=O)[O-])c2)cc1. The van der Waals surface area contributed by atoms with Gasteiger partial charge in [0.2, 0.25) is 0 Å². The Morgan fingerprint density at radius 3 is 2.22 bits per heavy atom. The molecular formula is C23H23N5O8S. The number of methoxy groups -OCH3 is 1. The van der Waals surface area contributed by atoms with E-state index in [1.54, 1.807) is 43.1 Å². The molecule has 1 amide bonds. The number of non-ortho nitro benzene ring substituents is 2. The summed E-state index contributed by atoms with van der Waals surface area (Å²) in [4.78, 5) is 47.7. The molecule has 1 aliphatic heterocycles. The monoisotopic (exact) mass is 529 g/mol. The van der Waals surface area contributed by atoms with Crippen molar-refractivity contribution in [2.75, 3.05) is 32.7 Å². The number of benzene rings is 2. The molecule has 3 rings (SSSR count). The van der Waals surface area contributed by atoms with Gasteiger partial charge in [0.05, 0.1) is 39.7 Å². The van der Waals surface area contributed by atoms with Crippen molar-refractivity contribution >= 4 is 46.3 Å². The summed E-state index contributed by atoms with van der Waals surface area (Å²) in [5.74, 6) is -1.30. The van der Waals surface area contributed by atoms with Gasteiger partial charge in [0.1, 0.15) is 6.61 Å². The number of hydrogen-bond donors (Lipinski definition) is 2. The quantitative estimate of drug-likeness (QED) is 0.161. The number of nitrogens with zero attached hydrogens (tertiary/aromatic N) is 3. The molecule has 0 aliphatic carbocycles. The average molecular weight is 530 g/mol. The second-order valence-corrected chi connectivity index (χ2v) is 8.28. The van der Waals surface area contributed by atoms with Gasteiger partial charge in [0.15, 0.2) is 5.11 Å². The van der Waals surface area contributed by atoms with E-state index in [4.69, 9.17) is 21.7 Å². The van der Waals surface area contributed by atoms with Gasteiger partial charge in [-0.15, -0.1) is 0 Å². The smallest absolute Gasteiger partial charge is 0.338 e. The number of amides is 1. The molecule has 0 saturated heterocycles. The van der Waals surface area contributed by atoms with E-state index in [2.05, 4.69) is 10.6 Å². The van der Waals surface area contributed by atoms with Gasteiger partial charge in [0, 0.05) is 37.7 Å². The fourth-order valence-corrected chi connectivity index (χ4v) is 3.80. The number of carbonyl (C=O) groups is 2. The first-order valence-electron chi connectivity index (χ1n) is 10.8. The number of ether oxygens (including phenoxy) is 2. The Morgan fingerprint density at radius 2 is 1.68 bits per heavy atom. The van der Waals surface area contributed by atoms with Gasteiger partial charge >= 0.3 is 5.97 Å². The van der Waals surface area contributed by atoms with Crippen molar-refractivity contribution in [3.8, 4) is 0 Å². The normalized spacial score (nSPS) is 15.2. The van der Waals surface area contributed by atoms with Crippen molar-refractivity contribution in [1.29, 1.82) is 0 Å². The number of allylic oxidation sites excluding steroid dienone is 1. The van der Waals surface area contributed by atoms with Gasteiger partial charge in [-0.1, -0.05) is 12.1 Å². The van der Waals surface area contributed by atoms with Crippen molar-refractivity contribution in [2.45, 2.75) is 13.0 Å². The summed E-state index contributed by atoms with van der Waals surface area (Å²) < 4.78 is 10.2. The minimum atomic E-state index is -0.814. The number of rotatable bonds is 9. The molecule has 2 aromatic carbocycles. The Bertz CT molecular complexity index is 1260. The van der Waals surface area contributed by atoms with Crippen LogP contribution in [0.15, 0.2) is 53.7 Å². The number of hydrogen-bond acceptors (Lipinski definition) is 9. The van der Waals surface area contributed by atoms with Gasteiger partial charge in [0.25, 0.3) is 17.3 Å². The largest absolute Gasteiger partial charge is 0.460 e. The van der Waals surface area contributed by atoms with E-state index in [0.717, 1.165) is 18.2 Å². The van der Waals surface area contributed by atoms with Crippen LogP contribution in [-0.2, 0) is 14.3 Å². The topological polar surface area (TPSA) is 166 Å². The summed E-state index contributed by atoms with van der Waals surface area (Å²) in [6.07, 6.45) is 0. The molecule has 0 aromatic heterocycles. The van der Waals surface area contributed by atoms with Gasteiger partial charge in [-0.2, -0.15) is 0 Å². The average Bonchev–Trinajstić information content (AvgIpc) is 2.87. The Labute approximate surface area is 216 Å². The van der Waals surface area contributed by atoms with Crippen LogP contribution in [0, 0.1) is 20.2 Å². The zero-order chi connectivity index (χ0) is 27.3. The number of esters is 1. The van der Waals surface area contributed by atoms with E-state index in [9.17, 15) is 29.8 Å². The molecule has 0 spiro atoms. The van der Waals surface area contributed by atoms with Crippen LogP contribution in [-0.4, -0.2) is 59.1 Å². The third kappa shape index (κ3) is 6.23. The second-order valence-electron chi connectivity index (χ2n) is 7.90. The molecule has 0 bridgehead atoms. The lowest BCUT2D eigenvalue weighted by molar-refractivity contribution is -0.394. The van der Waals surface area contributed by atoms with Crippen molar-refractivity contribution < 1.29 is 28.9 Å². The predicted molar refractivity (Wildman–Crippen MR) is 136 cm³/mol. The summed E-state index contributed by atoms with van der Waals surface area (Å²) in [6.45, 7) is 2.07. The maximum atomic E-state index is 12.8. The zero-order valence-electron chi connectivity index (χ0n) is 20.0. The summed E-state index contributed by atoms with van der Waals surface area (Å²) in [5, 5.41) is 28.3. The first-order valence-corrected chi connectivity index (χ1v) is 11.2. The lowest BCUT2D eigenvalue weighted by Crippen LogP contribution is -2.46. The fraction of sp³-hybridized carbons (Fsp3) is 0.261. The number of carbonyl (C=O) groups excluding carboxylic acids is 2. The van der Waals surface area contributed by atoms with Crippen molar-refractivity contribution in [3.63, 3.8) is 0 Å². The third-order valence-corrected chi connectivity index (χ3v) is 5.97. The molecule has 1 atom stereocenters. The van der Waals surface area contributed by atoms with Crippen LogP contribution < -0.4 is 10.6 Å². The molecule has 13 nitrogen and oxygen atoms in total. The summed E-state index contributed by atoms with van der Waals surface area (Å²) >= 11 is 5.38. The third-order valence-electron chi connectivity index (χ3n) is 5.58. The minimum Gasteiger partial charge on any atom is -0.460 e. The molecule has 0 fully saturated rings. The Kier molecular flexibility index (Phi) is 8.47. The second kappa shape index (κ2) is 11.5. The Morgan fingerprint density at radius 1 is 1.08 bits per heavy atom. The molecule has 37 heavy (non-hydrogen) atoms. The summed E-state index contributed by atoms with van der Waals surface area (Å²) in [5.41, 5.74) is 0.540. The lowest BCUT2D eigenvalue weighted by atomic mass is 9.95. The van der Waals surface area contributed by atoms with Crippen LogP contribution in [0.4, 0.5) is 17.1 Å². The molecule has 0 unspecified atom stereocenters. The van der Waals surface area contributed by atoms with E-state index < -0.39 is 39.1 Å². The minimum absolute atomic E-state index is 0.0772. The van der Waals surface area contributed by atoms with Crippen molar-refractivity contribution in [1.82, 2.24) is 10.2 Å². The van der Waals surface area contributed by atoms with Gasteiger partial charge in [-0.05, 0) is 36.8 Å². The first kappa shape index (κ1) is 27.2. The number of nitrogens with one attached hydrogen (secondary N) is 2. The summed E-state index contributed by atoms with van der Waals surface area (Å²) in [6, 6.07) is 8.50. The highest BCUT2D eigenvalue weighted by Gasteiger charge is 2.33. The van der Waals surface area contributed by atoms with E-state index in [0.29, 0.717) is 27.6 Å². The van der Waals surface area contributed by atoms with E-state index >= 15 is 0 Å². The van der Waals surface area contributed by atoms with Gasteiger partial charge < -0.3 is 25.0 Å². The number of nitro groups is 2. The molecule has 1 aliphatic rings. The highest BCUT2D eigenvalue weighted by Crippen LogP contribution is 2.31. The maximum absolute atomic E-state index is 12.8. The Balaban J connectivity index is 1.85.